The number of non-ortho nitro benzene ring substituents is 1. The molecule has 0 aromatic heterocycles. The molecular formula is C10H11N3O4. The van der Waals surface area contributed by atoms with Crippen molar-refractivity contribution in [1.29, 1.82) is 0 Å². The maximum Gasteiger partial charge on any atom is 0.317 e. The molecule has 0 atom stereocenters. The van der Waals surface area contributed by atoms with Gasteiger partial charge in [-0.2, -0.15) is 0 Å². The SMILES string of the molecule is O=C1NCCN1Cc1cc([N+](=O)[O-])ccc1O. The number of rotatable bonds is 3. The summed E-state index contributed by atoms with van der Waals surface area (Å²) in [5.41, 5.74) is 0.272. The number of hydrogen-bond donors (Lipinski definition) is 2. The zero-order valence-electron chi connectivity index (χ0n) is 8.92. The number of aromatic hydroxyl groups is 1. The molecule has 0 bridgehead atoms. The van der Waals surface area contributed by atoms with Crippen LogP contribution in [0.4, 0.5) is 10.5 Å². The Labute approximate surface area is 96.8 Å². The summed E-state index contributed by atoms with van der Waals surface area (Å²) in [4.78, 5) is 22.9. The Morgan fingerprint density at radius 2 is 2.29 bits per heavy atom. The minimum Gasteiger partial charge on any atom is -0.508 e. The quantitative estimate of drug-likeness (QED) is 0.601. The van der Waals surface area contributed by atoms with Crippen LogP contribution >= 0.6 is 0 Å². The summed E-state index contributed by atoms with van der Waals surface area (Å²) < 4.78 is 0. The van der Waals surface area contributed by atoms with Crippen molar-refractivity contribution in [3.63, 3.8) is 0 Å². The van der Waals surface area contributed by atoms with Crippen LogP contribution in [0.1, 0.15) is 5.56 Å². The topological polar surface area (TPSA) is 95.7 Å². The highest BCUT2D eigenvalue weighted by atomic mass is 16.6. The lowest BCUT2D eigenvalue weighted by molar-refractivity contribution is -0.385. The normalized spacial score (nSPS) is 14.8. The first-order valence-electron chi connectivity index (χ1n) is 5.07. The van der Waals surface area contributed by atoms with E-state index < -0.39 is 4.92 Å². The molecule has 1 saturated heterocycles. The maximum atomic E-state index is 11.3. The Hall–Kier alpha value is -2.31. The number of phenolic OH excluding ortho intramolecular Hbond substituents is 1. The molecule has 0 aliphatic carbocycles. The van der Waals surface area contributed by atoms with Crippen LogP contribution in [-0.4, -0.2) is 34.1 Å². The van der Waals surface area contributed by atoms with E-state index in [1.165, 1.54) is 23.1 Å². The fourth-order valence-electron chi connectivity index (χ4n) is 1.68. The number of hydrogen-bond acceptors (Lipinski definition) is 4. The van der Waals surface area contributed by atoms with Gasteiger partial charge in [0, 0.05) is 30.8 Å². The van der Waals surface area contributed by atoms with Gasteiger partial charge in [-0.15, -0.1) is 0 Å². The van der Waals surface area contributed by atoms with Crippen molar-refractivity contribution in [2.75, 3.05) is 13.1 Å². The molecular weight excluding hydrogens is 226 g/mol. The van der Waals surface area contributed by atoms with Crippen LogP contribution in [0.3, 0.4) is 0 Å². The molecule has 0 unspecified atom stereocenters. The fraction of sp³-hybridized carbons (Fsp3) is 0.300. The van der Waals surface area contributed by atoms with E-state index in [2.05, 4.69) is 5.32 Å². The Bertz CT molecular complexity index is 475. The molecule has 7 nitrogen and oxygen atoms in total. The molecule has 17 heavy (non-hydrogen) atoms. The van der Waals surface area contributed by atoms with Gasteiger partial charge in [0.2, 0.25) is 0 Å². The number of nitro benzene ring substituents is 1. The first kappa shape index (κ1) is 11.2. The number of urea groups is 1. The molecule has 1 aliphatic rings. The van der Waals surface area contributed by atoms with Crippen molar-refractivity contribution in [2.24, 2.45) is 0 Å². The van der Waals surface area contributed by atoms with Gasteiger partial charge in [-0.25, -0.2) is 4.79 Å². The number of benzene rings is 1. The molecule has 2 N–H and O–H groups in total. The average Bonchev–Trinajstić information content (AvgIpc) is 2.67. The highest BCUT2D eigenvalue weighted by Crippen LogP contribution is 2.24. The molecule has 0 radical (unpaired) electrons. The summed E-state index contributed by atoms with van der Waals surface area (Å²) in [6.07, 6.45) is 0. The molecule has 0 spiro atoms. The highest BCUT2D eigenvalue weighted by molar-refractivity contribution is 5.76. The zero-order valence-corrected chi connectivity index (χ0v) is 8.92. The van der Waals surface area contributed by atoms with Crippen LogP contribution in [0.2, 0.25) is 0 Å². The van der Waals surface area contributed by atoms with Crippen LogP contribution in [0.15, 0.2) is 18.2 Å². The van der Waals surface area contributed by atoms with Crippen molar-refractivity contribution in [3.05, 3.63) is 33.9 Å². The van der Waals surface area contributed by atoms with Crippen LogP contribution in [0.25, 0.3) is 0 Å². The van der Waals surface area contributed by atoms with E-state index in [0.717, 1.165) is 0 Å². The second-order valence-corrected chi connectivity index (χ2v) is 3.72. The van der Waals surface area contributed by atoms with E-state index in [4.69, 9.17) is 0 Å². The molecule has 1 aromatic carbocycles. The van der Waals surface area contributed by atoms with Crippen LogP contribution in [0, 0.1) is 10.1 Å². The number of phenols is 1. The number of carbonyl (C=O) groups excluding carboxylic acids is 1. The van der Waals surface area contributed by atoms with E-state index in [1.54, 1.807) is 0 Å². The first-order valence-corrected chi connectivity index (χ1v) is 5.07. The minimum atomic E-state index is -0.535. The summed E-state index contributed by atoms with van der Waals surface area (Å²) in [5, 5.41) is 22.8. The van der Waals surface area contributed by atoms with E-state index in [0.29, 0.717) is 18.7 Å². The predicted molar refractivity (Wildman–Crippen MR) is 58.6 cm³/mol. The molecule has 7 heteroatoms. The Morgan fingerprint density at radius 3 is 2.88 bits per heavy atom. The molecule has 2 amide bonds. The van der Waals surface area contributed by atoms with Gasteiger partial charge in [0.15, 0.2) is 0 Å². The standard InChI is InChI=1S/C10H11N3O4/c14-9-2-1-8(13(16)17)5-7(9)6-12-4-3-11-10(12)15/h1-2,5,14H,3-4,6H2,(H,11,15). The second-order valence-electron chi connectivity index (χ2n) is 3.72. The average molecular weight is 237 g/mol. The lowest BCUT2D eigenvalue weighted by atomic mass is 10.1. The molecule has 0 saturated carbocycles. The maximum absolute atomic E-state index is 11.3. The molecule has 1 fully saturated rings. The van der Waals surface area contributed by atoms with Gasteiger partial charge in [0.25, 0.3) is 5.69 Å². The number of carbonyl (C=O) groups is 1. The van der Waals surface area contributed by atoms with Gasteiger partial charge < -0.3 is 15.3 Å². The third kappa shape index (κ3) is 2.27. The molecule has 2 rings (SSSR count). The monoisotopic (exact) mass is 237 g/mol. The summed E-state index contributed by atoms with van der Waals surface area (Å²) in [7, 11) is 0. The third-order valence-electron chi connectivity index (χ3n) is 2.58. The number of nitrogens with zero attached hydrogens (tertiary/aromatic N) is 2. The van der Waals surface area contributed by atoms with E-state index >= 15 is 0 Å². The van der Waals surface area contributed by atoms with Gasteiger partial charge in [-0.1, -0.05) is 0 Å². The van der Waals surface area contributed by atoms with Crippen molar-refractivity contribution in [3.8, 4) is 5.75 Å². The number of amides is 2. The van der Waals surface area contributed by atoms with Gasteiger partial charge in [-0.3, -0.25) is 10.1 Å². The van der Waals surface area contributed by atoms with Crippen LogP contribution in [-0.2, 0) is 6.54 Å². The number of nitro groups is 1. The summed E-state index contributed by atoms with van der Waals surface area (Å²) >= 11 is 0. The Morgan fingerprint density at radius 1 is 1.53 bits per heavy atom. The van der Waals surface area contributed by atoms with E-state index in [-0.39, 0.29) is 24.0 Å². The van der Waals surface area contributed by atoms with Crippen molar-refractivity contribution in [1.82, 2.24) is 10.2 Å². The molecule has 1 heterocycles. The molecule has 1 aliphatic heterocycles. The lowest BCUT2D eigenvalue weighted by Crippen LogP contribution is -2.27. The Kier molecular flexibility index (Phi) is 2.82. The molecule has 90 valence electrons. The smallest absolute Gasteiger partial charge is 0.317 e. The van der Waals surface area contributed by atoms with Crippen molar-refractivity contribution >= 4 is 11.7 Å². The largest absolute Gasteiger partial charge is 0.508 e. The fourth-order valence-corrected chi connectivity index (χ4v) is 1.68. The van der Waals surface area contributed by atoms with Gasteiger partial charge in [0.05, 0.1) is 11.5 Å². The molecule has 1 aromatic rings. The van der Waals surface area contributed by atoms with Crippen LogP contribution < -0.4 is 5.32 Å². The van der Waals surface area contributed by atoms with Gasteiger partial charge in [0.1, 0.15) is 5.75 Å². The predicted octanol–water partition coefficient (Wildman–Crippen LogP) is 0.826. The summed E-state index contributed by atoms with van der Waals surface area (Å²) in [5.74, 6) is -0.0460. The van der Waals surface area contributed by atoms with Crippen molar-refractivity contribution < 1.29 is 14.8 Å². The highest BCUT2D eigenvalue weighted by Gasteiger charge is 2.21. The van der Waals surface area contributed by atoms with Crippen molar-refractivity contribution in [2.45, 2.75) is 6.54 Å². The second kappa shape index (κ2) is 4.28. The summed E-state index contributed by atoms with van der Waals surface area (Å²) in [6, 6.07) is 3.54. The third-order valence-corrected chi connectivity index (χ3v) is 2.58. The lowest BCUT2D eigenvalue weighted by Gasteiger charge is -2.14. The Balaban J connectivity index is 2.22. The minimum absolute atomic E-state index is 0.0460. The summed E-state index contributed by atoms with van der Waals surface area (Å²) in [6.45, 7) is 1.24. The van der Waals surface area contributed by atoms with E-state index in [9.17, 15) is 20.0 Å². The first-order chi connectivity index (χ1) is 8.08. The van der Waals surface area contributed by atoms with Crippen LogP contribution in [0.5, 0.6) is 5.75 Å². The zero-order chi connectivity index (χ0) is 12.4. The number of nitrogens with one attached hydrogen (secondary N) is 1. The van der Waals surface area contributed by atoms with E-state index in [1.807, 2.05) is 0 Å². The van der Waals surface area contributed by atoms with Gasteiger partial charge in [-0.05, 0) is 6.07 Å². The van der Waals surface area contributed by atoms with Gasteiger partial charge >= 0.3 is 6.03 Å².